The molecule has 0 bridgehead atoms. The second kappa shape index (κ2) is 11.4. The van der Waals surface area contributed by atoms with Crippen LogP contribution in [0.4, 0.5) is 0 Å². The first-order chi connectivity index (χ1) is 13.2. The molecule has 1 aliphatic heterocycles. The quantitative estimate of drug-likeness (QED) is 0.382. The molecular weight excluding hydrogens is 469 g/mol. The molecule has 1 aromatic heterocycles. The molecule has 7 nitrogen and oxygen atoms in total. The van der Waals surface area contributed by atoms with Gasteiger partial charge in [0.1, 0.15) is 6.10 Å². The number of rotatable bonds is 5. The Balaban J connectivity index is 0.00000280. The number of aliphatic imine (C=N–C) groups is 1. The van der Waals surface area contributed by atoms with Crippen molar-refractivity contribution in [3.05, 3.63) is 23.9 Å². The molecule has 28 heavy (non-hydrogen) atoms. The predicted molar refractivity (Wildman–Crippen MR) is 121 cm³/mol. The summed E-state index contributed by atoms with van der Waals surface area (Å²) in [5.74, 6) is 1.75. The lowest BCUT2D eigenvalue weighted by Gasteiger charge is -2.36. The van der Waals surface area contributed by atoms with Gasteiger partial charge in [-0.25, -0.2) is 9.98 Å². The number of pyridine rings is 1. The smallest absolute Gasteiger partial charge is 0.219 e. The van der Waals surface area contributed by atoms with E-state index in [-0.39, 0.29) is 29.9 Å². The Morgan fingerprint density at radius 2 is 1.89 bits per heavy atom. The lowest BCUT2D eigenvalue weighted by Crippen LogP contribution is -2.53. The highest BCUT2D eigenvalue weighted by Gasteiger charge is 2.21. The molecule has 2 heterocycles. The number of guanidine groups is 1. The summed E-state index contributed by atoms with van der Waals surface area (Å²) in [5.41, 5.74) is 1.06. The Labute approximate surface area is 184 Å². The number of nitrogens with zero attached hydrogens (tertiary/aromatic N) is 4. The normalized spacial score (nSPS) is 18.0. The van der Waals surface area contributed by atoms with Gasteiger partial charge in [0.05, 0.1) is 6.54 Å². The van der Waals surface area contributed by atoms with Crippen molar-refractivity contribution in [1.29, 1.82) is 0 Å². The fourth-order valence-corrected chi connectivity index (χ4v) is 3.58. The van der Waals surface area contributed by atoms with E-state index < -0.39 is 0 Å². The number of hydrogen-bond donors (Lipinski definition) is 1. The number of halogens is 1. The van der Waals surface area contributed by atoms with E-state index in [9.17, 15) is 4.79 Å². The van der Waals surface area contributed by atoms with E-state index in [1.54, 1.807) is 6.92 Å². The minimum atomic E-state index is 0. The van der Waals surface area contributed by atoms with Gasteiger partial charge in [0, 0.05) is 51.9 Å². The van der Waals surface area contributed by atoms with Crippen molar-refractivity contribution < 1.29 is 9.53 Å². The third-order valence-corrected chi connectivity index (χ3v) is 5.16. The molecule has 1 saturated carbocycles. The number of ether oxygens (including phenoxy) is 1. The molecule has 1 aromatic rings. The lowest BCUT2D eigenvalue weighted by molar-refractivity contribution is -0.130. The monoisotopic (exact) mass is 501 g/mol. The highest BCUT2D eigenvalue weighted by Crippen LogP contribution is 2.22. The summed E-state index contributed by atoms with van der Waals surface area (Å²) >= 11 is 0. The first-order valence-electron chi connectivity index (χ1n) is 10.1. The first kappa shape index (κ1) is 22.7. The third kappa shape index (κ3) is 6.49. The van der Waals surface area contributed by atoms with Gasteiger partial charge in [-0.15, -0.1) is 24.0 Å². The molecule has 0 aromatic carbocycles. The molecule has 0 spiro atoms. The van der Waals surface area contributed by atoms with Crippen molar-refractivity contribution in [1.82, 2.24) is 20.1 Å². The summed E-state index contributed by atoms with van der Waals surface area (Å²) in [7, 11) is 0. The van der Waals surface area contributed by atoms with Crippen LogP contribution in [0.3, 0.4) is 0 Å². The van der Waals surface area contributed by atoms with Crippen LogP contribution in [0.5, 0.6) is 5.88 Å². The van der Waals surface area contributed by atoms with Crippen molar-refractivity contribution >= 4 is 35.8 Å². The molecule has 0 radical (unpaired) electrons. The average Bonchev–Trinajstić information content (AvgIpc) is 3.19. The van der Waals surface area contributed by atoms with Crippen LogP contribution in [-0.2, 0) is 11.3 Å². The SMILES string of the molecule is CCNC(=NCc1ccc(OC2CCCC2)nc1)N1CCN(C(C)=O)CC1.I. The third-order valence-electron chi connectivity index (χ3n) is 5.16. The average molecular weight is 501 g/mol. The fraction of sp³-hybridized carbons (Fsp3) is 0.650. The van der Waals surface area contributed by atoms with Gasteiger partial charge < -0.3 is 19.9 Å². The Morgan fingerprint density at radius 1 is 1.21 bits per heavy atom. The molecule has 1 aliphatic carbocycles. The molecule has 1 amide bonds. The number of piperazine rings is 1. The van der Waals surface area contributed by atoms with Gasteiger partial charge in [0.15, 0.2) is 5.96 Å². The van der Waals surface area contributed by atoms with Gasteiger partial charge in [-0.2, -0.15) is 0 Å². The van der Waals surface area contributed by atoms with Crippen molar-refractivity contribution in [3.63, 3.8) is 0 Å². The van der Waals surface area contributed by atoms with Crippen molar-refractivity contribution in [2.75, 3.05) is 32.7 Å². The van der Waals surface area contributed by atoms with Crippen molar-refractivity contribution in [2.24, 2.45) is 4.99 Å². The summed E-state index contributed by atoms with van der Waals surface area (Å²) in [6.07, 6.45) is 6.96. The zero-order valence-electron chi connectivity index (χ0n) is 16.9. The van der Waals surface area contributed by atoms with E-state index in [4.69, 9.17) is 9.73 Å². The number of aromatic nitrogens is 1. The zero-order valence-corrected chi connectivity index (χ0v) is 19.2. The van der Waals surface area contributed by atoms with Gasteiger partial charge >= 0.3 is 0 Å². The standard InChI is InChI=1S/C20H31N5O2.HI/c1-3-21-20(25-12-10-24(11-13-25)16(2)26)23-15-17-8-9-19(22-14-17)27-18-6-4-5-7-18;/h8-9,14,18H,3-7,10-13,15H2,1-2H3,(H,21,23);1H. The van der Waals surface area contributed by atoms with Gasteiger partial charge in [-0.3, -0.25) is 4.79 Å². The van der Waals surface area contributed by atoms with Crippen molar-refractivity contribution in [3.8, 4) is 5.88 Å². The Morgan fingerprint density at radius 3 is 2.46 bits per heavy atom. The van der Waals surface area contributed by atoms with Crippen LogP contribution in [0.25, 0.3) is 0 Å². The Hall–Kier alpha value is -1.58. The molecule has 2 aliphatic rings. The highest BCUT2D eigenvalue weighted by molar-refractivity contribution is 14.0. The topological polar surface area (TPSA) is 70.1 Å². The van der Waals surface area contributed by atoms with Gasteiger partial charge in [0.25, 0.3) is 0 Å². The molecule has 1 N–H and O–H groups in total. The maximum Gasteiger partial charge on any atom is 0.219 e. The van der Waals surface area contributed by atoms with E-state index in [2.05, 4.69) is 22.1 Å². The predicted octanol–water partition coefficient (Wildman–Crippen LogP) is 2.65. The van der Waals surface area contributed by atoms with Crippen molar-refractivity contribution in [2.45, 2.75) is 52.2 Å². The Bertz CT molecular complexity index is 639. The van der Waals surface area contributed by atoms with Crippen LogP contribution in [0.2, 0.25) is 0 Å². The van der Waals surface area contributed by atoms with Crippen LogP contribution < -0.4 is 10.1 Å². The number of nitrogens with one attached hydrogen (secondary N) is 1. The fourth-order valence-electron chi connectivity index (χ4n) is 3.58. The maximum absolute atomic E-state index is 11.5. The zero-order chi connectivity index (χ0) is 19.1. The second-order valence-corrected chi connectivity index (χ2v) is 7.19. The van der Waals surface area contributed by atoms with E-state index in [0.29, 0.717) is 18.5 Å². The van der Waals surface area contributed by atoms with E-state index in [1.165, 1.54) is 12.8 Å². The molecule has 156 valence electrons. The van der Waals surface area contributed by atoms with Crippen LogP contribution in [0.15, 0.2) is 23.3 Å². The van der Waals surface area contributed by atoms with Crippen LogP contribution in [0.1, 0.15) is 45.1 Å². The van der Waals surface area contributed by atoms with Gasteiger partial charge in [-0.1, -0.05) is 6.07 Å². The molecule has 1 saturated heterocycles. The maximum atomic E-state index is 11.5. The molecule has 2 fully saturated rings. The molecule has 8 heteroatoms. The van der Waals surface area contributed by atoms with Crippen LogP contribution >= 0.6 is 24.0 Å². The molecule has 3 rings (SSSR count). The van der Waals surface area contributed by atoms with Gasteiger partial charge in [0.2, 0.25) is 11.8 Å². The Kier molecular flexibility index (Phi) is 9.27. The summed E-state index contributed by atoms with van der Waals surface area (Å²) in [4.78, 5) is 24.8. The molecule has 0 atom stereocenters. The minimum absolute atomic E-state index is 0. The molecular formula is C20H32IN5O2. The minimum Gasteiger partial charge on any atom is -0.474 e. The first-order valence-corrected chi connectivity index (χ1v) is 10.1. The number of hydrogen-bond acceptors (Lipinski definition) is 4. The summed E-state index contributed by atoms with van der Waals surface area (Å²) in [5, 5.41) is 3.35. The van der Waals surface area contributed by atoms with Crippen LogP contribution in [-0.4, -0.2) is 65.5 Å². The summed E-state index contributed by atoms with van der Waals surface area (Å²) in [6, 6.07) is 3.99. The molecule has 0 unspecified atom stereocenters. The van der Waals surface area contributed by atoms with Gasteiger partial charge in [-0.05, 0) is 38.2 Å². The van der Waals surface area contributed by atoms with E-state index in [1.807, 2.05) is 23.2 Å². The van der Waals surface area contributed by atoms with E-state index in [0.717, 1.165) is 57.1 Å². The summed E-state index contributed by atoms with van der Waals surface area (Å²) in [6.45, 7) is 8.18. The second-order valence-electron chi connectivity index (χ2n) is 7.19. The van der Waals surface area contributed by atoms with Crippen LogP contribution in [0, 0.1) is 0 Å². The van der Waals surface area contributed by atoms with E-state index >= 15 is 0 Å². The lowest BCUT2D eigenvalue weighted by atomic mass is 10.3. The number of carbonyl (C=O) groups excluding carboxylic acids is 1. The summed E-state index contributed by atoms with van der Waals surface area (Å²) < 4.78 is 5.92. The number of amides is 1. The number of carbonyl (C=O) groups is 1. The highest BCUT2D eigenvalue weighted by atomic mass is 127. The largest absolute Gasteiger partial charge is 0.474 e.